The van der Waals surface area contributed by atoms with Crippen LogP contribution >= 0.6 is 11.5 Å². The summed E-state index contributed by atoms with van der Waals surface area (Å²) in [5, 5.41) is -0.0604. The molecule has 0 spiro atoms. The molecule has 2 heterocycles. The minimum Gasteiger partial charge on any atom is -0.406 e. The molecule has 0 unspecified atom stereocenters. The second-order valence-electron chi connectivity index (χ2n) is 6.27. The van der Waals surface area contributed by atoms with Crippen molar-refractivity contribution in [2.75, 3.05) is 31.0 Å². The van der Waals surface area contributed by atoms with Crippen molar-refractivity contribution in [3.63, 3.8) is 0 Å². The minimum absolute atomic E-state index is 0.0523. The quantitative estimate of drug-likeness (QED) is 0.693. The maximum Gasteiger partial charge on any atom is 0.573 e. The standard InChI is InChI=1S/C16H17F3N4O5S2/c1-10-8-11(28-16(17,18)19)2-3-12(10)30(25,26)22-15-20-13(21-29-15)9-14(24)23-4-6-27-7-5-23/h2-3,8H,4-7,9H2,1H3,(H,20,21,22). The molecule has 1 aromatic heterocycles. The molecule has 0 radical (unpaired) electrons. The van der Waals surface area contributed by atoms with Crippen LogP contribution in [0.2, 0.25) is 0 Å². The Morgan fingerprint density at radius 2 is 2.03 bits per heavy atom. The first-order valence-electron chi connectivity index (χ1n) is 8.61. The first kappa shape index (κ1) is 22.2. The Morgan fingerprint density at radius 3 is 2.67 bits per heavy atom. The highest BCUT2D eigenvalue weighted by Gasteiger charge is 2.31. The number of aryl methyl sites for hydroxylation is 1. The average molecular weight is 466 g/mol. The third-order valence-electron chi connectivity index (χ3n) is 4.03. The molecule has 1 amide bonds. The molecule has 1 N–H and O–H groups in total. The topological polar surface area (TPSA) is 111 Å². The summed E-state index contributed by atoms with van der Waals surface area (Å²) in [7, 11) is -4.13. The Kier molecular flexibility index (Phi) is 6.47. The van der Waals surface area contributed by atoms with Crippen molar-refractivity contribution >= 4 is 32.6 Å². The fourth-order valence-corrected chi connectivity index (χ4v) is 4.75. The number of carbonyl (C=O) groups is 1. The molecule has 0 saturated carbocycles. The van der Waals surface area contributed by atoms with E-state index in [1.54, 1.807) is 4.90 Å². The molecule has 164 valence electrons. The van der Waals surface area contributed by atoms with E-state index in [0.717, 1.165) is 29.7 Å². The van der Waals surface area contributed by atoms with Crippen LogP contribution in [0.5, 0.6) is 5.75 Å². The summed E-state index contributed by atoms with van der Waals surface area (Å²) in [6.07, 6.45) is -4.96. The number of anilines is 1. The van der Waals surface area contributed by atoms with Crippen molar-refractivity contribution in [3.05, 3.63) is 29.6 Å². The molecule has 0 aliphatic carbocycles. The van der Waals surface area contributed by atoms with Gasteiger partial charge in [-0.2, -0.15) is 4.37 Å². The van der Waals surface area contributed by atoms with Gasteiger partial charge in [-0.1, -0.05) is 0 Å². The third kappa shape index (κ3) is 5.79. The Hall–Kier alpha value is -2.45. The molecule has 9 nitrogen and oxygen atoms in total. The summed E-state index contributed by atoms with van der Waals surface area (Å²) in [6, 6.07) is 2.87. The molecule has 1 aliphatic rings. The lowest BCUT2D eigenvalue weighted by atomic mass is 10.2. The van der Waals surface area contributed by atoms with Crippen LogP contribution in [0.15, 0.2) is 23.1 Å². The molecule has 0 bridgehead atoms. The molecule has 2 aromatic rings. The Balaban J connectivity index is 1.68. The maximum atomic E-state index is 12.6. The minimum atomic E-state index is -4.88. The summed E-state index contributed by atoms with van der Waals surface area (Å²) in [4.78, 5) is 17.6. The number of carbonyl (C=O) groups excluding carboxylic acids is 1. The van der Waals surface area contributed by atoms with E-state index in [4.69, 9.17) is 4.74 Å². The van der Waals surface area contributed by atoms with Gasteiger partial charge in [0.1, 0.15) is 5.75 Å². The van der Waals surface area contributed by atoms with Gasteiger partial charge in [0.2, 0.25) is 11.0 Å². The van der Waals surface area contributed by atoms with Crippen molar-refractivity contribution < 1.29 is 35.9 Å². The molecular formula is C16H17F3N4O5S2. The third-order valence-corrected chi connectivity index (χ3v) is 6.33. The van der Waals surface area contributed by atoms with Crippen LogP contribution in [0.3, 0.4) is 0 Å². The van der Waals surface area contributed by atoms with Gasteiger partial charge in [0.05, 0.1) is 24.5 Å². The number of nitrogens with zero attached hydrogens (tertiary/aromatic N) is 3. The van der Waals surface area contributed by atoms with E-state index in [1.165, 1.54) is 6.92 Å². The van der Waals surface area contributed by atoms with E-state index in [1.807, 2.05) is 0 Å². The van der Waals surface area contributed by atoms with Crippen LogP contribution in [0.4, 0.5) is 18.3 Å². The molecule has 1 aliphatic heterocycles. The van der Waals surface area contributed by atoms with E-state index >= 15 is 0 Å². The summed E-state index contributed by atoms with van der Waals surface area (Å²) in [5.74, 6) is -0.555. The van der Waals surface area contributed by atoms with Crippen LogP contribution in [0, 0.1) is 6.92 Å². The highest BCUT2D eigenvalue weighted by atomic mass is 32.2. The largest absolute Gasteiger partial charge is 0.573 e. The second kappa shape index (κ2) is 8.73. The van der Waals surface area contributed by atoms with Gasteiger partial charge < -0.3 is 14.4 Å². The lowest BCUT2D eigenvalue weighted by molar-refractivity contribution is -0.274. The van der Waals surface area contributed by atoms with Gasteiger partial charge in [0.25, 0.3) is 10.0 Å². The average Bonchev–Trinajstić information content (AvgIpc) is 3.06. The molecule has 14 heteroatoms. The zero-order chi connectivity index (χ0) is 21.9. The predicted molar refractivity (Wildman–Crippen MR) is 99.7 cm³/mol. The van der Waals surface area contributed by atoms with Crippen molar-refractivity contribution in [2.24, 2.45) is 0 Å². The number of sulfonamides is 1. The Bertz CT molecular complexity index is 1020. The van der Waals surface area contributed by atoms with E-state index in [-0.39, 0.29) is 33.7 Å². The molecule has 1 fully saturated rings. The number of benzene rings is 1. The van der Waals surface area contributed by atoms with Gasteiger partial charge in [-0.25, -0.2) is 13.4 Å². The number of rotatable bonds is 6. The fourth-order valence-electron chi connectivity index (χ4n) is 2.72. The number of aromatic nitrogens is 2. The zero-order valence-electron chi connectivity index (χ0n) is 15.6. The van der Waals surface area contributed by atoms with Gasteiger partial charge in [-0.15, -0.1) is 13.2 Å². The normalized spacial score (nSPS) is 15.1. The lowest BCUT2D eigenvalue weighted by Crippen LogP contribution is -2.41. The number of nitrogens with one attached hydrogen (secondary N) is 1. The molecule has 0 atom stereocenters. The summed E-state index contributed by atoms with van der Waals surface area (Å²) < 4.78 is 77.2. The van der Waals surface area contributed by atoms with Crippen LogP contribution in [-0.4, -0.2) is 61.2 Å². The summed E-state index contributed by atoms with van der Waals surface area (Å²) in [6.45, 7) is 3.18. The van der Waals surface area contributed by atoms with Crippen molar-refractivity contribution in [3.8, 4) is 5.75 Å². The highest BCUT2D eigenvalue weighted by Crippen LogP contribution is 2.28. The smallest absolute Gasteiger partial charge is 0.406 e. The van der Waals surface area contributed by atoms with Gasteiger partial charge in [0, 0.05) is 24.6 Å². The lowest BCUT2D eigenvalue weighted by Gasteiger charge is -2.26. The fraction of sp³-hybridized carbons (Fsp3) is 0.438. The molecule has 1 saturated heterocycles. The first-order chi connectivity index (χ1) is 14.0. The van der Waals surface area contributed by atoms with Gasteiger partial charge in [-0.05, 0) is 30.7 Å². The highest BCUT2D eigenvalue weighted by molar-refractivity contribution is 7.93. The van der Waals surface area contributed by atoms with Crippen LogP contribution in [-0.2, 0) is 26.0 Å². The van der Waals surface area contributed by atoms with Gasteiger partial charge in [-0.3, -0.25) is 9.52 Å². The molecule has 1 aromatic carbocycles. The van der Waals surface area contributed by atoms with Crippen LogP contribution in [0.25, 0.3) is 0 Å². The van der Waals surface area contributed by atoms with Crippen molar-refractivity contribution in [1.82, 2.24) is 14.3 Å². The Morgan fingerprint density at radius 1 is 1.33 bits per heavy atom. The van der Waals surface area contributed by atoms with Crippen molar-refractivity contribution in [2.45, 2.75) is 24.6 Å². The summed E-state index contributed by atoms with van der Waals surface area (Å²) in [5.41, 5.74) is 0.0523. The number of hydrogen-bond donors (Lipinski definition) is 1. The van der Waals surface area contributed by atoms with Gasteiger partial charge in [0.15, 0.2) is 5.82 Å². The molecular weight excluding hydrogens is 449 g/mol. The van der Waals surface area contributed by atoms with E-state index in [2.05, 4.69) is 18.8 Å². The van der Waals surface area contributed by atoms with Crippen molar-refractivity contribution in [1.29, 1.82) is 0 Å². The van der Waals surface area contributed by atoms with Gasteiger partial charge >= 0.3 is 6.36 Å². The zero-order valence-corrected chi connectivity index (χ0v) is 17.2. The summed E-state index contributed by atoms with van der Waals surface area (Å²) >= 11 is 0.756. The Labute approximate surface area is 174 Å². The van der Waals surface area contributed by atoms with E-state index in [9.17, 15) is 26.4 Å². The van der Waals surface area contributed by atoms with Crippen LogP contribution < -0.4 is 9.46 Å². The molecule has 3 rings (SSSR count). The SMILES string of the molecule is Cc1cc(OC(F)(F)F)ccc1S(=O)(=O)Nc1nc(CC(=O)N2CCOCC2)ns1. The number of amides is 1. The molecule has 30 heavy (non-hydrogen) atoms. The van der Waals surface area contributed by atoms with E-state index < -0.39 is 22.1 Å². The first-order valence-corrected chi connectivity index (χ1v) is 10.9. The monoisotopic (exact) mass is 466 g/mol. The number of alkyl halides is 3. The predicted octanol–water partition coefficient (Wildman–Crippen LogP) is 1.95. The number of morpholine rings is 1. The number of ether oxygens (including phenoxy) is 2. The number of hydrogen-bond acceptors (Lipinski definition) is 8. The van der Waals surface area contributed by atoms with E-state index in [0.29, 0.717) is 26.3 Å². The maximum absolute atomic E-state index is 12.6. The number of halogens is 3. The van der Waals surface area contributed by atoms with Crippen LogP contribution in [0.1, 0.15) is 11.4 Å². The second-order valence-corrected chi connectivity index (χ2v) is 8.67.